The van der Waals surface area contributed by atoms with Gasteiger partial charge in [0.2, 0.25) is 0 Å². The molecule has 3 aromatic carbocycles. The molecule has 0 bridgehead atoms. The van der Waals surface area contributed by atoms with E-state index in [1.165, 1.54) is 10.9 Å². The maximum atomic E-state index is 11.1. The van der Waals surface area contributed by atoms with Crippen molar-refractivity contribution in [3.63, 3.8) is 0 Å². The van der Waals surface area contributed by atoms with Crippen LogP contribution in [0.4, 0.5) is 0 Å². The number of para-hydroxylation sites is 1. The van der Waals surface area contributed by atoms with E-state index in [9.17, 15) is 5.11 Å². The van der Waals surface area contributed by atoms with Crippen LogP contribution in [-0.2, 0) is 11.6 Å². The van der Waals surface area contributed by atoms with Gasteiger partial charge in [0.25, 0.3) is 0 Å². The van der Waals surface area contributed by atoms with Crippen molar-refractivity contribution >= 4 is 20.1 Å². The summed E-state index contributed by atoms with van der Waals surface area (Å²) in [4.78, 5) is 4.20. The zero-order chi connectivity index (χ0) is 20.0. The molecule has 2 nitrogen and oxygen atoms in total. The standard InChI is InChI=1S/C25H28NOP/c1-4-25(2,28-23-16-9-8-13-21(23)18-26-3)22-15-10-14-20(24(22)27)17-19-11-6-5-7-12-19/h5-16,18,27-28H,4,17H2,1-3H3. The van der Waals surface area contributed by atoms with Crippen LogP contribution in [0.5, 0.6) is 5.75 Å². The van der Waals surface area contributed by atoms with Crippen LogP contribution in [0.2, 0.25) is 0 Å². The second-order valence-corrected chi connectivity index (χ2v) is 9.15. The van der Waals surface area contributed by atoms with Gasteiger partial charge in [-0.05, 0) is 28.4 Å². The maximum absolute atomic E-state index is 11.1. The first-order valence-electron chi connectivity index (χ1n) is 9.72. The molecule has 28 heavy (non-hydrogen) atoms. The summed E-state index contributed by atoms with van der Waals surface area (Å²) in [7, 11) is 2.35. The van der Waals surface area contributed by atoms with Gasteiger partial charge >= 0.3 is 0 Å². The summed E-state index contributed by atoms with van der Waals surface area (Å²) in [6.07, 6.45) is 3.61. The minimum absolute atomic E-state index is 0.130. The number of phenols is 1. The molecule has 0 aliphatic rings. The number of hydrogen-bond acceptors (Lipinski definition) is 2. The zero-order valence-corrected chi connectivity index (χ0v) is 17.8. The van der Waals surface area contributed by atoms with Gasteiger partial charge in [0.1, 0.15) is 5.75 Å². The SMILES string of the molecule is CCC(C)(Pc1ccccc1C=NC)c1cccc(Cc2ccccc2)c1O. The third-order valence-electron chi connectivity index (χ3n) is 5.30. The molecule has 0 aliphatic heterocycles. The van der Waals surface area contributed by atoms with Crippen LogP contribution in [0.1, 0.15) is 42.5 Å². The number of aliphatic imine (C=N–C) groups is 1. The monoisotopic (exact) mass is 389 g/mol. The molecule has 0 saturated carbocycles. The Morgan fingerprint density at radius 3 is 2.39 bits per heavy atom. The molecule has 0 saturated heterocycles. The molecule has 0 spiro atoms. The van der Waals surface area contributed by atoms with Gasteiger partial charge < -0.3 is 5.11 Å². The Labute approximate surface area is 170 Å². The first-order valence-corrected chi connectivity index (χ1v) is 10.7. The zero-order valence-electron chi connectivity index (χ0n) is 16.8. The summed E-state index contributed by atoms with van der Waals surface area (Å²) in [6.45, 7) is 4.46. The second kappa shape index (κ2) is 9.17. The molecule has 0 amide bonds. The summed E-state index contributed by atoms with van der Waals surface area (Å²) < 4.78 is 0. The molecule has 144 valence electrons. The molecule has 3 rings (SSSR count). The minimum Gasteiger partial charge on any atom is -0.507 e. The van der Waals surface area contributed by atoms with Crippen LogP contribution in [-0.4, -0.2) is 18.4 Å². The van der Waals surface area contributed by atoms with Gasteiger partial charge in [-0.1, -0.05) is 95.2 Å². The molecule has 1 N–H and O–H groups in total. The van der Waals surface area contributed by atoms with Gasteiger partial charge in [-0.25, -0.2) is 0 Å². The largest absolute Gasteiger partial charge is 0.507 e. The van der Waals surface area contributed by atoms with Crippen molar-refractivity contribution in [2.24, 2.45) is 4.99 Å². The lowest BCUT2D eigenvalue weighted by Crippen LogP contribution is -2.20. The number of hydrogen-bond donors (Lipinski definition) is 1. The highest BCUT2D eigenvalue weighted by molar-refractivity contribution is 7.48. The third-order valence-corrected chi connectivity index (χ3v) is 7.20. The Morgan fingerprint density at radius 1 is 0.964 bits per heavy atom. The van der Waals surface area contributed by atoms with Crippen molar-refractivity contribution in [3.8, 4) is 5.75 Å². The predicted octanol–water partition coefficient (Wildman–Crippen LogP) is 5.66. The van der Waals surface area contributed by atoms with Crippen molar-refractivity contribution in [3.05, 3.63) is 95.1 Å². The molecular formula is C25H28NOP. The second-order valence-electron chi connectivity index (χ2n) is 7.26. The van der Waals surface area contributed by atoms with Crippen molar-refractivity contribution in [2.75, 3.05) is 7.05 Å². The van der Waals surface area contributed by atoms with Gasteiger partial charge in [-0.3, -0.25) is 4.99 Å². The summed E-state index contributed by atoms with van der Waals surface area (Å²) >= 11 is 0. The fourth-order valence-corrected chi connectivity index (χ4v) is 5.08. The van der Waals surface area contributed by atoms with Crippen LogP contribution in [0.25, 0.3) is 0 Å². The van der Waals surface area contributed by atoms with Crippen LogP contribution < -0.4 is 5.30 Å². The van der Waals surface area contributed by atoms with E-state index >= 15 is 0 Å². The maximum Gasteiger partial charge on any atom is 0.123 e. The van der Waals surface area contributed by atoms with E-state index in [0.29, 0.717) is 14.3 Å². The van der Waals surface area contributed by atoms with E-state index in [4.69, 9.17) is 0 Å². The van der Waals surface area contributed by atoms with Crippen molar-refractivity contribution in [2.45, 2.75) is 31.8 Å². The molecule has 2 unspecified atom stereocenters. The van der Waals surface area contributed by atoms with Gasteiger partial charge in [-0.2, -0.15) is 0 Å². The molecule has 2 atom stereocenters. The number of benzene rings is 3. The van der Waals surface area contributed by atoms with E-state index < -0.39 is 0 Å². The topological polar surface area (TPSA) is 32.6 Å². The molecule has 0 radical (unpaired) electrons. The lowest BCUT2D eigenvalue weighted by atomic mass is 9.92. The number of phenolic OH excluding ortho intramolecular Hbond substituents is 1. The summed E-state index contributed by atoms with van der Waals surface area (Å²) in [5.41, 5.74) is 4.38. The van der Waals surface area contributed by atoms with Crippen molar-refractivity contribution < 1.29 is 5.11 Å². The van der Waals surface area contributed by atoms with Gasteiger partial charge in [0.05, 0.1) is 0 Å². The fraction of sp³-hybridized carbons (Fsp3) is 0.240. The Balaban J connectivity index is 1.97. The predicted molar refractivity (Wildman–Crippen MR) is 123 cm³/mol. The first-order chi connectivity index (χ1) is 13.6. The first kappa shape index (κ1) is 20.3. The van der Waals surface area contributed by atoms with Crippen LogP contribution >= 0.6 is 8.58 Å². The van der Waals surface area contributed by atoms with Crippen LogP contribution in [0.15, 0.2) is 77.8 Å². The number of nitrogens with zero attached hydrogens (tertiary/aromatic N) is 1. The quantitative estimate of drug-likeness (QED) is 0.410. The summed E-state index contributed by atoms with van der Waals surface area (Å²) in [5.74, 6) is 0.435. The molecular weight excluding hydrogens is 361 g/mol. The van der Waals surface area contributed by atoms with Gasteiger partial charge in [0.15, 0.2) is 0 Å². The average molecular weight is 389 g/mol. The highest BCUT2D eigenvalue weighted by atomic mass is 31.1. The number of rotatable bonds is 7. The van der Waals surface area contributed by atoms with Gasteiger partial charge in [0, 0.05) is 30.4 Å². The molecule has 0 aromatic heterocycles. The van der Waals surface area contributed by atoms with Gasteiger partial charge in [-0.15, -0.1) is 0 Å². The van der Waals surface area contributed by atoms with E-state index in [2.05, 4.69) is 61.3 Å². The third kappa shape index (κ3) is 4.51. The van der Waals surface area contributed by atoms with Crippen LogP contribution in [0.3, 0.4) is 0 Å². The lowest BCUT2D eigenvalue weighted by molar-refractivity contribution is 0.451. The molecule has 3 heteroatoms. The number of aromatic hydroxyl groups is 1. The lowest BCUT2D eigenvalue weighted by Gasteiger charge is -2.31. The average Bonchev–Trinajstić information content (AvgIpc) is 2.72. The summed E-state index contributed by atoms with van der Waals surface area (Å²) in [5, 5.41) is 12.3. The highest BCUT2D eigenvalue weighted by Crippen LogP contribution is 2.48. The Bertz CT molecular complexity index is 952. The summed E-state index contributed by atoms with van der Waals surface area (Å²) in [6, 6.07) is 24.9. The van der Waals surface area contributed by atoms with Crippen LogP contribution in [0, 0.1) is 0 Å². The Kier molecular flexibility index (Phi) is 6.65. The molecule has 0 aliphatic carbocycles. The smallest absolute Gasteiger partial charge is 0.123 e. The normalized spacial score (nSPS) is 14.0. The van der Waals surface area contributed by atoms with Crippen molar-refractivity contribution in [1.29, 1.82) is 0 Å². The Morgan fingerprint density at radius 2 is 1.68 bits per heavy atom. The molecule has 3 aromatic rings. The Hall–Kier alpha value is -2.44. The molecule has 0 heterocycles. The highest BCUT2D eigenvalue weighted by Gasteiger charge is 2.29. The van der Waals surface area contributed by atoms with E-state index in [-0.39, 0.29) is 5.16 Å². The molecule has 0 fully saturated rings. The minimum atomic E-state index is -0.130. The fourth-order valence-electron chi connectivity index (χ4n) is 3.50. The van der Waals surface area contributed by atoms with Crippen molar-refractivity contribution in [1.82, 2.24) is 0 Å². The van der Waals surface area contributed by atoms with E-state index in [1.54, 1.807) is 7.05 Å². The van der Waals surface area contributed by atoms with E-state index in [0.717, 1.165) is 29.5 Å². The van der Waals surface area contributed by atoms with E-state index in [1.807, 2.05) is 36.5 Å².